The maximum absolute atomic E-state index is 12.9. The maximum Gasteiger partial charge on any atom is 0.306 e. The molecule has 1 unspecified atom stereocenters. The van der Waals surface area contributed by atoms with Crippen LogP contribution < -0.4 is 0 Å². The second kappa shape index (κ2) is 65.4. The van der Waals surface area contributed by atoms with Gasteiger partial charge in [-0.05, 0) is 89.9 Å². The van der Waals surface area contributed by atoms with Gasteiger partial charge in [-0.3, -0.25) is 14.4 Å². The first-order chi connectivity index (χ1) is 38.0. The van der Waals surface area contributed by atoms with Crippen LogP contribution >= 0.6 is 0 Å². The highest BCUT2D eigenvalue weighted by atomic mass is 16.6. The molecule has 0 rings (SSSR count). The average molecular weight is 1080 g/mol. The van der Waals surface area contributed by atoms with Crippen LogP contribution in [0.2, 0.25) is 0 Å². The zero-order valence-electron chi connectivity index (χ0n) is 51.2. The molecule has 0 aliphatic carbocycles. The molecule has 0 N–H and O–H groups in total. The lowest BCUT2D eigenvalue weighted by Gasteiger charge is -2.18. The molecule has 0 radical (unpaired) electrons. The highest BCUT2D eigenvalue weighted by Crippen LogP contribution is 2.17. The van der Waals surface area contributed by atoms with Crippen molar-refractivity contribution >= 4 is 17.9 Å². The molecular formula is C71H126O6. The summed E-state index contributed by atoms with van der Waals surface area (Å²) in [5.41, 5.74) is 0. The van der Waals surface area contributed by atoms with Crippen LogP contribution in [0.3, 0.4) is 0 Å². The summed E-state index contributed by atoms with van der Waals surface area (Å²) in [7, 11) is 0. The van der Waals surface area contributed by atoms with E-state index < -0.39 is 6.10 Å². The van der Waals surface area contributed by atoms with Gasteiger partial charge < -0.3 is 14.2 Å². The maximum atomic E-state index is 12.9. The fourth-order valence-corrected chi connectivity index (χ4v) is 9.70. The molecule has 77 heavy (non-hydrogen) atoms. The fraction of sp³-hybridized carbons (Fsp3) is 0.789. The predicted molar refractivity (Wildman–Crippen MR) is 335 cm³/mol. The summed E-state index contributed by atoms with van der Waals surface area (Å²) < 4.78 is 17.0. The normalized spacial score (nSPS) is 12.5. The Hall–Kier alpha value is -3.15. The minimum absolute atomic E-state index is 0.0769. The van der Waals surface area contributed by atoms with Crippen LogP contribution in [0.1, 0.15) is 342 Å². The van der Waals surface area contributed by atoms with E-state index in [1.807, 2.05) is 0 Å². The lowest BCUT2D eigenvalue weighted by atomic mass is 10.0. The van der Waals surface area contributed by atoms with Crippen molar-refractivity contribution < 1.29 is 28.6 Å². The van der Waals surface area contributed by atoms with Crippen molar-refractivity contribution in [3.63, 3.8) is 0 Å². The molecule has 0 heterocycles. The van der Waals surface area contributed by atoms with Crippen molar-refractivity contribution in [2.45, 2.75) is 348 Å². The van der Waals surface area contributed by atoms with Crippen molar-refractivity contribution in [3.8, 4) is 0 Å². The Morgan fingerprint density at radius 3 is 0.818 bits per heavy atom. The predicted octanol–water partition coefficient (Wildman–Crippen LogP) is 22.9. The SMILES string of the molecule is CC/C=C\C/C=C\C/C=C\C/C=C\CCCCCCCCCCCCC(=O)OCC(COC(=O)CCCCCCCCC/C=C\C/C=C\CCCCC)OC(=O)CCCCCCCCCCCCCCCCCCCCC. The van der Waals surface area contributed by atoms with Gasteiger partial charge >= 0.3 is 17.9 Å². The van der Waals surface area contributed by atoms with Gasteiger partial charge in [-0.15, -0.1) is 0 Å². The molecule has 1 atom stereocenters. The van der Waals surface area contributed by atoms with Crippen LogP contribution in [0.15, 0.2) is 72.9 Å². The molecule has 0 aliphatic rings. The van der Waals surface area contributed by atoms with Gasteiger partial charge in [0.15, 0.2) is 6.10 Å². The minimum atomic E-state index is -0.780. The molecule has 0 amide bonds. The Kier molecular flexibility index (Phi) is 62.7. The smallest absolute Gasteiger partial charge is 0.306 e. The van der Waals surface area contributed by atoms with Gasteiger partial charge in [-0.25, -0.2) is 0 Å². The van der Waals surface area contributed by atoms with Gasteiger partial charge in [-0.1, -0.05) is 306 Å². The Labute approximate surface area is 478 Å². The summed E-state index contributed by atoms with van der Waals surface area (Å²) in [5.74, 6) is -0.868. The number of rotatable bonds is 61. The van der Waals surface area contributed by atoms with Crippen molar-refractivity contribution in [1.82, 2.24) is 0 Å². The van der Waals surface area contributed by atoms with E-state index in [-0.39, 0.29) is 31.1 Å². The molecule has 446 valence electrons. The first-order valence-corrected chi connectivity index (χ1v) is 33.4. The summed E-state index contributed by atoms with van der Waals surface area (Å²) >= 11 is 0. The molecule has 6 nitrogen and oxygen atoms in total. The third-order valence-electron chi connectivity index (χ3n) is 14.7. The van der Waals surface area contributed by atoms with Gasteiger partial charge in [0, 0.05) is 19.3 Å². The van der Waals surface area contributed by atoms with Crippen LogP contribution in [-0.2, 0) is 28.6 Å². The number of ether oxygens (including phenoxy) is 3. The highest BCUT2D eigenvalue weighted by Gasteiger charge is 2.19. The Morgan fingerprint density at radius 1 is 0.273 bits per heavy atom. The molecular weight excluding hydrogens is 949 g/mol. The molecule has 0 saturated heterocycles. The standard InChI is InChI=1S/C71H126O6/c1-4-7-10-13-16-19-22-25-28-31-33-34-35-36-38-40-43-46-49-52-55-58-61-64-70(73)76-67-68(66-75-69(72)63-60-57-54-51-48-45-42-39-30-27-24-21-18-15-12-9-6-3)77-71(74)65-62-59-56-53-50-47-44-41-37-32-29-26-23-20-17-14-11-8-5-2/h7,10,16,18-19,21,25,27-28,30,33-34,68H,4-6,8-9,11-15,17,20,22-24,26,29,31-32,35-67H2,1-3H3/b10-7-,19-16-,21-18-,28-25-,30-27-,34-33-. The zero-order chi connectivity index (χ0) is 55.7. The third kappa shape index (κ3) is 63.6. The second-order valence-corrected chi connectivity index (χ2v) is 22.4. The Balaban J connectivity index is 4.35. The summed E-state index contributed by atoms with van der Waals surface area (Å²) in [5, 5.41) is 0. The lowest BCUT2D eigenvalue weighted by molar-refractivity contribution is -0.167. The first kappa shape index (κ1) is 73.8. The summed E-state index contributed by atoms with van der Waals surface area (Å²) in [6, 6.07) is 0. The largest absolute Gasteiger partial charge is 0.462 e. The molecule has 0 fully saturated rings. The number of carbonyl (C=O) groups is 3. The van der Waals surface area contributed by atoms with Gasteiger partial charge in [0.1, 0.15) is 13.2 Å². The van der Waals surface area contributed by atoms with E-state index in [0.29, 0.717) is 19.3 Å². The van der Waals surface area contributed by atoms with E-state index in [2.05, 4.69) is 93.7 Å². The number of unbranched alkanes of at least 4 members (excludes halogenated alkanes) is 38. The zero-order valence-corrected chi connectivity index (χ0v) is 51.2. The quantitative estimate of drug-likeness (QED) is 0.0261. The number of carbonyl (C=O) groups excluding carboxylic acids is 3. The van der Waals surface area contributed by atoms with Crippen LogP contribution in [-0.4, -0.2) is 37.2 Å². The van der Waals surface area contributed by atoms with E-state index in [0.717, 1.165) is 96.3 Å². The van der Waals surface area contributed by atoms with Crippen molar-refractivity contribution in [2.24, 2.45) is 0 Å². The molecule has 0 aromatic carbocycles. The number of allylic oxidation sites excluding steroid dienone is 12. The molecule has 0 bridgehead atoms. The monoisotopic (exact) mass is 1070 g/mol. The van der Waals surface area contributed by atoms with Gasteiger partial charge in [-0.2, -0.15) is 0 Å². The molecule has 0 aliphatic heterocycles. The van der Waals surface area contributed by atoms with Crippen LogP contribution in [0.4, 0.5) is 0 Å². The molecule has 0 saturated carbocycles. The molecule has 6 heteroatoms. The number of hydrogen-bond acceptors (Lipinski definition) is 6. The van der Waals surface area contributed by atoms with E-state index in [1.165, 1.54) is 205 Å². The van der Waals surface area contributed by atoms with E-state index in [4.69, 9.17) is 14.2 Å². The lowest BCUT2D eigenvalue weighted by Crippen LogP contribution is -2.30. The Bertz CT molecular complexity index is 1420. The van der Waals surface area contributed by atoms with Crippen molar-refractivity contribution in [1.29, 1.82) is 0 Å². The van der Waals surface area contributed by atoms with Crippen LogP contribution in [0, 0.1) is 0 Å². The van der Waals surface area contributed by atoms with E-state index in [1.54, 1.807) is 0 Å². The fourth-order valence-electron chi connectivity index (χ4n) is 9.70. The van der Waals surface area contributed by atoms with Crippen molar-refractivity contribution in [2.75, 3.05) is 13.2 Å². The minimum Gasteiger partial charge on any atom is -0.462 e. The van der Waals surface area contributed by atoms with Gasteiger partial charge in [0.2, 0.25) is 0 Å². The first-order valence-electron chi connectivity index (χ1n) is 33.4. The summed E-state index contributed by atoms with van der Waals surface area (Å²) in [6.45, 7) is 6.55. The van der Waals surface area contributed by atoms with Gasteiger partial charge in [0.25, 0.3) is 0 Å². The highest BCUT2D eigenvalue weighted by molar-refractivity contribution is 5.71. The summed E-state index contributed by atoms with van der Waals surface area (Å²) in [4.78, 5) is 38.4. The number of hydrogen-bond donors (Lipinski definition) is 0. The molecule has 0 aromatic rings. The number of esters is 3. The average Bonchev–Trinajstić information content (AvgIpc) is 3.43. The van der Waals surface area contributed by atoms with E-state index in [9.17, 15) is 14.4 Å². The van der Waals surface area contributed by atoms with Gasteiger partial charge in [0.05, 0.1) is 0 Å². The second-order valence-electron chi connectivity index (χ2n) is 22.4. The van der Waals surface area contributed by atoms with Crippen LogP contribution in [0.5, 0.6) is 0 Å². The molecule has 0 aromatic heterocycles. The Morgan fingerprint density at radius 2 is 0.506 bits per heavy atom. The third-order valence-corrected chi connectivity index (χ3v) is 14.7. The topological polar surface area (TPSA) is 78.9 Å². The molecule has 0 spiro atoms. The summed E-state index contributed by atoms with van der Waals surface area (Å²) in [6.07, 6.45) is 84.8. The van der Waals surface area contributed by atoms with Crippen molar-refractivity contribution in [3.05, 3.63) is 72.9 Å². The van der Waals surface area contributed by atoms with Crippen LogP contribution in [0.25, 0.3) is 0 Å². The van der Waals surface area contributed by atoms with E-state index >= 15 is 0 Å².